The minimum Gasteiger partial charge on any atom is -0.147 e. The topological polar surface area (TPSA) is 0 Å². The molecule has 0 saturated carbocycles. The molecule has 0 spiro atoms. The van der Waals surface area contributed by atoms with E-state index in [-0.39, 0.29) is 5.92 Å². The number of hydrogen-bond acceptors (Lipinski definition) is 1. The van der Waals surface area contributed by atoms with Gasteiger partial charge in [0.1, 0.15) is 5.92 Å². The molecule has 0 aliphatic carbocycles. The Labute approximate surface area is 135 Å². The highest BCUT2D eigenvalue weighted by molar-refractivity contribution is 7.10. The maximum absolute atomic E-state index is 3.30. The number of rotatable bonds is 1. The van der Waals surface area contributed by atoms with E-state index in [2.05, 4.69) is 35.1 Å². The molecule has 0 radical (unpaired) electrons. The highest BCUT2D eigenvalue weighted by atomic mass is 32.1. The monoisotopic (exact) mass is 298 g/mol. The van der Waals surface area contributed by atoms with E-state index in [0.29, 0.717) is 0 Å². The summed E-state index contributed by atoms with van der Waals surface area (Å²) < 4.78 is 0. The summed E-state index contributed by atoms with van der Waals surface area (Å²) in [6.07, 6.45) is 0. The molecule has 0 N–H and O–H groups in total. The van der Waals surface area contributed by atoms with Gasteiger partial charge in [-0.2, -0.15) is 0 Å². The predicted molar refractivity (Wildman–Crippen MR) is 93.7 cm³/mol. The zero-order valence-corrected chi connectivity index (χ0v) is 12.8. The van der Waals surface area contributed by atoms with Crippen molar-refractivity contribution in [2.24, 2.45) is 0 Å². The summed E-state index contributed by atoms with van der Waals surface area (Å²) in [5.41, 5.74) is 2.04. The van der Waals surface area contributed by atoms with Crippen molar-refractivity contribution in [1.82, 2.24) is 0 Å². The third kappa shape index (κ3) is 3.89. The Bertz CT molecular complexity index is 765. The van der Waals surface area contributed by atoms with Gasteiger partial charge in [0.2, 0.25) is 0 Å². The summed E-state index contributed by atoms with van der Waals surface area (Å²) >= 11 is 1.70. The minimum absolute atomic E-state index is 0.0552. The molecule has 0 unspecified atom stereocenters. The summed E-state index contributed by atoms with van der Waals surface area (Å²) in [5.74, 6) is 13.0. The molecule has 1 heteroatoms. The molecule has 0 fully saturated rings. The molecule has 1 heterocycles. The van der Waals surface area contributed by atoms with Crippen LogP contribution in [-0.2, 0) is 0 Å². The number of thiophene rings is 1. The molecule has 104 valence electrons. The summed E-state index contributed by atoms with van der Waals surface area (Å²) in [4.78, 5) is 1.19. The standard InChI is InChI=1S/C21H14S/c1-3-8-18(9-4-1)13-15-20(21-12-7-17-22-21)16-14-19-10-5-2-6-11-19/h1-12,17,20H. The molecular weight excluding hydrogens is 284 g/mol. The first-order chi connectivity index (χ1) is 10.9. The van der Waals surface area contributed by atoms with Crippen molar-refractivity contribution in [3.8, 4) is 23.7 Å². The zero-order chi connectivity index (χ0) is 15.0. The Hall–Kier alpha value is -2.74. The third-order valence-corrected chi connectivity index (χ3v) is 4.03. The highest BCUT2D eigenvalue weighted by Gasteiger charge is 2.05. The van der Waals surface area contributed by atoms with E-state index in [4.69, 9.17) is 0 Å². The predicted octanol–water partition coefficient (Wildman–Crippen LogP) is 4.94. The lowest BCUT2D eigenvalue weighted by atomic mass is 10.1. The maximum Gasteiger partial charge on any atom is 0.116 e. The van der Waals surface area contributed by atoms with Crippen LogP contribution in [-0.4, -0.2) is 0 Å². The smallest absolute Gasteiger partial charge is 0.116 e. The SMILES string of the molecule is C(#CC(C#Cc1ccccc1)c1cccs1)c1ccccc1. The number of benzene rings is 2. The summed E-state index contributed by atoms with van der Waals surface area (Å²) in [6.45, 7) is 0. The van der Waals surface area contributed by atoms with Gasteiger partial charge in [-0.3, -0.25) is 0 Å². The van der Waals surface area contributed by atoms with Gasteiger partial charge in [-0.1, -0.05) is 66.1 Å². The Balaban J connectivity index is 1.90. The lowest BCUT2D eigenvalue weighted by molar-refractivity contribution is 1.22. The van der Waals surface area contributed by atoms with Crippen LogP contribution in [0.5, 0.6) is 0 Å². The van der Waals surface area contributed by atoms with Gasteiger partial charge < -0.3 is 0 Å². The van der Waals surface area contributed by atoms with Crippen LogP contribution in [0.1, 0.15) is 21.9 Å². The molecule has 0 aliphatic rings. The summed E-state index contributed by atoms with van der Waals surface area (Å²) in [5, 5.41) is 2.07. The van der Waals surface area contributed by atoms with Crippen LogP contribution in [0.15, 0.2) is 78.2 Å². The van der Waals surface area contributed by atoms with Gasteiger partial charge >= 0.3 is 0 Å². The first-order valence-corrected chi connectivity index (χ1v) is 7.96. The fraction of sp³-hybridized carbons (Fsp3) is 0.0476. The zero-order valence-electron chi connectivity index (χ0n) is 12.0. The van der Waals surface area contributed by atoms with Crippen LogP contribution in [0.2, 0.25) is 0 Å². The number of hydrogen-bond donors (Lipinski definition) is 0. The molecule has 0 nitrogen and oxygen atoms in total. The molecule has 0 amide bonds. The first kappa shape index (κ1) is 14.2. The second-order valence-corrected chi connectivity index (χ2v) is 5.70. The first-order valence-electron chi connectivity index (χ1n) is 7.08. The second kappa shape index (κ2) is 7.32. The molecule has 0 saturated heterocycles. The fourth-order valence-electron chi connectivity index (χ4n) is 1.99. The molecular formula is C21H14S. The molecule has 1 aromatic heterocycles. The molecule has 2 aromatic carbocycles. The van der Waals surface area contributed by atoms with E-state index in [1.807, 2.05) is 66.7 Å². The van der Waals surface area contributed by atoms with Crippen molar-refractivity contribution in [1.29, 1.82) is 0 Å². The van der Waals surface area contributed by atoms with E-state index in [9.17, 15) is 0 Å². The Kier molecular flexibility index (Phi) is 4.73. The van der Waals surface area contributed by atoms with E-state index in [1.54, 1.807) is 11.3 Å². The van der Waals surface area contributed by atoms with Gasteiger partial charge in [0.15, 0.2) is 0 Å². The highest BCUT2D eigenvalue weighted by Crippen LogP contribution is 2.20. The van der Waals surface area contributed by atoms with E-state index in [0.717, 1.165) is 11.1 Å². The summed E-state index contributed by atoms with van der Waals surface area (Å²) in [7, 11) is 0. The largest absolute Gasteiger partial charge is 0.147 e. The van der Waals surface area contributed by atoms with Crippen molar-refractivity contribution >= 4 is 11.3 Å². The van der Waals surface area contributed by atoms with E-state index >= 15 is 0 Å². The molecule has 0 aliphatic heterocycles. The fourth-order valence-corrected chi connectivity index (χ4v) is 2.71. The lowest BCUT2D eigenvalue weighted by Crippen LogP contribution is -1.89. The Morgan fingerprint density at radius 2 is 1.18 bits per heavy atom. The van der Waals surface area contributed by atoms with Crippen molar-refractivity contribution in [2.75, 3.05) is 0 Å². The van der Waals surface area contributed by atoms with Crippen LogP contribution in [0, 0.1) is 23.7 Å². The van der Waals surface area contributed by atoms with E-state index < -0.39 is 0 Å². The van der Waals surface area contributed by atoms with Crippen LogP contribution >= 0.6 is 11.3 Å². The second-order valence-electron chi connectivity index (χ2n) is 4.72. The van der Waals surface area contributed by atoms with Gasteiger partial charge in [-0.25, -0.2) is 0 Å². The van der Waals surface area contributed by atoms with Gasteiger partial charge in [-0.05, 0) is 35.7 Å². The third-order valence-electron chi connectivity index (χ3n) is 3.10. The normalized spacial score (nSPS) is 9.50. The van der Waals surface area contributed by atoms with Gasteiger partial charge in [0, 0.05) is 16.0 Å². The van der Waals surface area contributed by atoms with Crippen LogP contribution in [0.4, 0.5) is 0 Å². The average molecular weight is 298 g/mol. The van der Waals surface area contributed by atoms with Gasteiger partial charge in [0.25, 0.3) is 0 Å². The Morgan fingerprint density at radius 3 is 1.64 bits per heavy atom. The molecule has 0 bridgehead atoms. The minimum atomic E-state index is -0.0552. The van der Waals surface area contributed by atoms with Gasteiger partial charge in [-0.15, -0.1) is 11.3 Å². The van der Waals surface area contributed by atoms with Crippen LogP contribution < -0.4 is 0 Å². The Morgan fingerprint density at radius 1 is 0.636 bits per heavy atom. The van der Waals surface area contributed by atoms with Crippen LogP contribution in [0.3, 0.4) is 0 Å². The maximum atomic E-state index is 3.30. The van der Waals surface area contributed by atoms with E-state index in [1.165, 1.54) is 4.88 Å². The lowest BCUT2D eigenvalue weighted by Gasteiger charge is -1.99. The van der Waals surface area contributed by atoms with Crippen molar-refractivity contribution in [2.45, 2.75) is 5.92 Å². The van der Waals surface area contributed by atoms with Crippen molar-refractivity contribution in [3.63, 3.8) is 0 Å². The van der Waals surface area contributed by atoms with Crippen LogP contribution in [0.25, 0.3) is 0 Å². The molecule has 0 atom stereocenters. The van der Waals surface area contributed by atoms with Crippen molar-refractivity contribution < 1.29 is 0 Å². The molecule has 3 aromatic rings. The molecule has 22 heavy (non-hydrogen) atoms. The molecule has 3 rings (SSSR count). The van der Waals surface area contributed by atoms with Gasteiger partial charge in [0.05, 0.1) is 0 Å². The average Bonchev–Trinajstić information content (AvgIpc) is 3.11. The summed E-state index contributed by atoms with van der Waals surface area (Å²) in [6, 6.07) is 24.2. The quantitative estimate of drug-likeness (QED) is 0.558. The van der Waals surface area contributed by atoms with Crippen molar-refractivity contribution in [3.05, 3.63) is 94.2 Å².